The molecule has 1 aromatic heterocycles. The van der Waals surface area contributed by atoms with Gasteiger partial charge < -0.3 is 9.15 Å². The van der Waals surface area contributed by atoms with Crippen molar-refractivity contribution in [2.45, 2.75) is 10.3 Å². The molecule has 0 aliphatic carbocycles. The molecule has 3 heteroatoms. The van der Waals surface area contributed by atoms with Gasteiger partial charge in [-0.2, -0.15) is 0 Å². The van der Waals surface area contributed by atoms with Crippen LogP contribution >= 0.6 is 11.8 Å². The van der Waals surface area contributed by atoms with E-state index in [-0.39, 0.29) is 5.44 Å². The minimum absolute atomic E-state index is 0.117. The third-order valence-corrected chi connectivity index (χ3v) is 5.10. The highest BCUT2D eigenvalue weighted by atomic mass is 32.2. The first-order chi connectivity index (χ1) is 10.9. The maximum absolute atomic E-state index is 6.21. The van der Waals surface area contributed by atoms with Crippen LogP contribution in [0.25, 0.3) is 21.7 Å². The molecule has 4 aromatic rings. The second-order valence-electron chi connectivity index (χ2n) is 5.37. The first kappa shape index (κ1) is 12.2. The predicted molar refractivity (Wildman–Crippen MR) is 89.4 cm³/mol. The van der Waals surface area contributed by atoms with E-state index in [0.717, 1.165) is 27.9 Å². The summed E-state index contributed by atoms with van der Waals surface area (Å²) in [6.45, 7) is 0. The van der Waals surface area contributed by atoms with E-state index in [0.29, 0.717) is 0 Å². The molecule has 1 aliphatic rings. The molecule has 1 unspecified atom stereocenters. The van der Waals surface area contributed by atoms with E-state index in [2.05, 4.69) is 36.4 Å². The molecule has 0 bridgehead atoms. The second kappa shape index (κ2) is 4.55. The molecular weight excluding hydrogens is 292 g/mol. The predicted octanol–water partition coefficient (Wildman–Crippen LogP) is 5.77. The standard InChI is InChI=1S/C19H12O2S/c1-3-7-14-12(5-1)9-10-17-18(14)21-19(22-17)16-11-13-6-2-4-8-15(13)20-16/h1-11,19H. The van der Waals surface area contributed by atoms with E-state index < -0.39 is 0 Å². The highest BCUT2D eigenvalue weighted by molar-refractivity contribution is 7.99. The Morgan fingerprint density at radius 3 is 2.55 bits per heavy atom. The summed E-state index contributed by atoms with van der Waals surface area (Å²) < 4.78 is 12.2. The van der Waals surface area contributed by atoms with Crippen LogP contribution in [0.2, 0.25) is 0 Å². The molecule has 0 fully saturated rings. The Balaban J connectivity index is 1.60. The van der Waals surface area contributed by atoms with Crippen molar-refractivity contribution in [1.82, 2.24) is 0 Å². The van der Waals surface area contributed by atoms with Gasteiger partial charge in [0.25, 0.3) is 0 Å². The summed E-state index contributed by atoms with van der Waals surface area (Å²) >= 11 is 1.70. The van der Waals surface area contributed by atoms with Gasteiger partial charge in [0, 0.05) is 10.8 Å². The fraction of sp³-hybridized carbons (Fsp3) is 0.0526. The number of para-hydroxylation sites is 1. The summed E-state index contributed by atoms with van der Waals surface area (Å²) in [4.78, 5) is 1.17. The topological polar surface area (TPSA) is 22.4 Å². The van der Waals surface area contributed by atoms with Crippen molar-refractivity contribution < 1.29 is 9.15 Å². The zero-order valence-corrected chi connectivity index (χ0v) is 12.5. The van der Waals surface area contributed by atoms with Gasteiger partial charge in [0.15, 0.2) is 5.76 Å². The van der Waals surface area contributed by atoms with Crippen molar-refractivity contribution in [2.75, 3.05) is 0 Å². The molecule has 0 saturated heterocycles. The molecule has 1 atom stereocenters. The maximum atomic E-state index is 6.21. The zero-order valence-electron chi connectivity index (χ0n) is 11.7. The van der Waals surface area contributed by atoms with Gasteiger partial charge in [0.1, 0.15) is 11.3 Å². The molecule has 0 N–H and O–H groups in total. The van der Waals surface area contributed by atoms with Crippen molar-refractivity contribution in [3.8, 4) is 5.75 Å². The van der Waals surface area contributed by atoms with Crippen LogP contribution in [-0.4, -0.2) is 0 Å². The summed E-state index contributed by atoms with van der Waals surface area (Å²) in [5, 5.41) is 3.47. The minimum Gasteiger partial charge on any atom is -0.470 e. The average Bonchev–Trinajstić information content (AvgIpc) is 3.18. The van der Waals surface area contributed by atoms with E-state index in [1.807, 2.05) is 30.3 Å². The second-order valence-corrected chi connectivity index (χ2v) is 6.47. The Kier molecular flexibility index (Phi) is 2.52. The summed E-state index contributed by atoms with van der Waals surface area (Å²) in [7, 11) is 0. The fourth-order valence-electron chi connectivity index (χ4n) is 2.92. The molecule has 5 rings (SSSR count). The van der Waals surface area contributed by atoms with Gasteiger partial charge in [-0.25, -0.2) is 0 Å². The van der Waals surface area contributed by atoms with Crippen LogP contribution in [0, 0.1) is 0 Å². The summed E-state index contributed by atoms with van der Waals surface area (Å²) in [5.41, 5.74) is 0.788. The van der Waals surface area contributed by atoms with Gasteiger partial charge in [-0.1, -0.05) is 60.3 Å². The Morgan fingerprint density at radius 2 is 1.64 bits per heavy atom. The summed E-state index contributed by atoms with van der Waals surface area (Å²) in [5.74, 6) is 1.83. The molecule has 106 valence electrons. The van der Waals surface area contributed by atoms with E-state index in [4.69, 9.17) is 9.15 Å². The Labute approximate surface area is 131 Å². The lowest BCUT2D eigenvalue weighted by Gasteiger charge is -2.07. The lowest BCUT2D eigenvalue weighted by molar-refractivity contribution is 0.273. The van der Waals surface area contributed by atoms with Gasteiger partial charge in [-0.15, -0.1) is 0 Å². The third kappa shape index (κ3) is 1.76. The molecule has 22 heavy (non-hydrogen) atoms. The SMILES string of the molecule is c1ccc2oc(C3Oc4c(ccc5ccccc45)S3)cc2c1. The number of fused-ring (bicyclic) bond motifs is 4. The quantitative estimate of drug-likeness (QED) is 0.446. The fourth-order valence-corrected chi connectivity index (χ4v) is 3.94. The van der Waals surface area contributed by atoms with Crippen molar-refractivity contribution in [1.29, 1.82) is 0 Å². The minimum atomic E-state index is -0.117. The van der Waals surface area contributed by atoms with Crippen LogP contribution in [0.4, 0.5) is 0 Å². The monoisotopic (exact) mass is 304 g/mol. The molecule has 0 radical (unpaired) electrons. The first-order valence-corrected chi connectivity index (χ1v) is 8.10. The van der Waals surface area contributed by atoms with E-state index in [1.165, 1.54) is 10.3 Å². The van der Waals surface area contributed by atoms with Crippen molar-refractivity contribution in [2.24, 2.45) is 0 Å². The maximum Gasteiger partial charge on any atom is 0.206 e. The molecule has 2 nitrogen and oxygen atoms in total. The molecular formula is C19H12O2S. The number of benzene rings is 3. The smallest absolute Gasteiger partial charge is 0.206 e. The van der Waals surface area contributed by atoms with Gasteiger partial charge in [0.2, 0.25) is 5.44 Å². The molecule has 3 aromatic carbocycles. The lowest BCUT2D eigenvalue weighted by atomic mass is 10.1. The first-order valence-electron chi connectivity index (χ1n) is 7.22. The van der Waals surface area contributed by atoms with Crippen LogP contribution in [0.5, 0.6) is 5.75 Å². The number of hydrogen-bond donors (Lipinski definition) is 0. The van der Waals surface area contributed by atoms with Crippen LogP contribution in [0.1, 0.15) is 11.2 Å². The molecule has 2 heterocycles. The number of furan rings is 1. The van der Waals surface area contributed by atoms with Gasteiger partial charge >= 0.3 is 0 Å². The van der Waals surface area contributed by atoms with Crippen molar-refractivity contribution in [3.63, 3.8) is 0 Å². The highest BCUT2D eigenvalue weighted by Gasteiger charge is 2.29. The van der Waals surface area contributed by atoms with Crippen LogP contribution in [-0.2, 0) is 0 Å². The Hall–Kier alpha value is -2.39. The Morgan fingerprint density at radius 1 is 0.818 bits per heavy atom. The van der Waals surface area contributed by atoms with Crippen LogP contribution < -0.4 is 4.74 Å². The number of ether oxygens (including phenoxy) is 1. The zero-order chi connectivity index (χ0) is 14.5. The number of thioether (sulfide) groups is 1. The van der Waals surface area contributed by atoms with Gasteiger partial charge in [-0.3, -0.25) is 0 Å². The third-order valence-electron chi connectivity index (χ3n) is 3.98. The number of rotatable bonds is 1. The van der Waals surface area contributed by atoms with E-state index in [1.54, 1.807) is 11.8 Å². The van der Waals surface area contributed by atoms with Gasteiger partial charge in [-0.05, 0) is 23.6 Å². The summed E-state index contributed by atoms with van der Waals surface area (Å²) in [6, 6.07) is 22.7. The normalized spacial score (nSPS) is 16.8. The largest absolute Gasteiger partial charge is 0.470 e. The van der Waals surface area contributed by atoms with Crippen LogP contribution in [0.3, 0.4) is 0 Å². The number of hydrogen-bond acceptors (Lipinski definition) is 3. The van der Waals surface area contributed by atoms with Gasteiger partial charge in [0.05, 0.1) is 4.90 Å². The lowest BCUT2D eigenvalue weighted by Crippen LogP contribution is -1.95. The highest BCUT2D eigenvalue weighted by Crippen LogP contribution is 2.51. The average molecular weight is 304 g/mol. The Bertz CT molecular complexity index is 970. The molecule has 0 saturated carbocycles. The van der Waals surface area contributed by atoms with E-state index in [9.17, 15) is 0 Å². The summed E-state index contributed by atoms with van der Waals surface area (Å²) in [6.07, 6.45) is 0. The molecule has 0 spiro atoms. The molecule has 1 aliphatic heterocycles. The van der Waals surface area contributed by atoms with Crippen molar-refractivity contribution >= 4 is 33.5 Å². The van der Waals surface area contributed by atoms with E-state index >= 15 is 0 Å². The van der Waals surface area contributed by atoms with Crippen LogP contribution in [0.15, 0.2) is 76.0 Å². The van der Waals surface area contributed by atoms with Crippen molar-refractivity contribution in [3.05, 3.63) is 72.5 Å². The molecule has 0 amide bonds.